The van der Waals surface area contributed by atoms with E-state index in [-0.39, 0.29) is 5.91 Å². The van der Waals surface area contributed by atoms with E-state index >= 15 is 0 Å². The Kier molecular flexibility index (Phi) is 3.66. The normalized spacial score (nSPS) is 11.8. The van der Waals surface area contributed by atoms with Crippen LogP contribution in [0.2, 0.25) is 0 Å². The molecular weight excluding hydrogens is 238 g/mol. The second kappa shape index (κ2) is 5.40. The van der Waals surface area contributed by atoms with Crippen molar-refractivity contribution in [2.75, 3.05) is 5.32 Å². The monoisotopic (exact) mass is 249 g/mol. The van der Waals surface area contributed by atoms with Gasteiger partial charge in [-0.1, -0.05) is 22.7 Å². The summed E-state index contributed by atoms with van der Waals surface area (Å²) in [5.41, 5.74) is 0. The van der Waals surface area contributed by atoms with Crippen molar-refractivity contribution in [2.24, 2.45) is 0 Å². The van der Waals surface area contributed by atoms with Crippen molar-refractivity contribution in [3.8, 4) is 5.75 Å². The van der Waals surface area contributed by atoms with Crippen molar-refractivity contribution in [3.63, 3.8) is 0 Å². The molecule has 1 heterocycles. The van der Waals surface area contributed by atoms with Crippen molar-refractivity contribution in [3.05, 3.63) is 36.5 Å². The number of aromatic nitrogens is 2. The Labute approximate surface area is 103 Å². The van der Waals surface area contributed by atoms with Gasteiger partial charge in [-0.3, -0.25) is 4.79 Å². The molecule has 0 fully saturated rings. The van der Waals surface area contributed by atoms with Crippen molar-refractivity contribution < 1.29 is 9.53 Å². The van der Waals surface area contributed by atoms with Gasteiger partial charge in [0.25, 0.3) is 5.91 Å². The number of carbonyl (C=O) groups excluding carboxylic acids is 1. The first-order valence-corrected chi connectivity index (χ1v) is 5.83. The van der Waals surface area contributed by atoms with Gasteiger partial charge in [0.05, 0.1) is 6.20 Å². The van der Waals surface area contributed by atoms with Gasteiger partial charge in [-0.05, 0) is 19.1 Å². The average Bonchev–Trinajstić information content (AvgIpc) is 2.83. The van der Waals surface area contributed by atoms with E-state index < -0.39 is 6.10 Å². The van der Waals surface area contributed by atoms with Gasteiger partial charge in [-0.2, -0.15) is 0 Å². The lowest BCUT2D eigenvalue weighted by atomic mass is 10.3. The van der Waals surface area contributed by atoms with E-state index in [9.17, 15) is 4.79 Å². The van der Waals surface area contributed by atoms with E-state index in [4.69, 9.17) is 4.74 Å². The van der Waals surface area contributed by atoms with Gasteiger partial charge in [0, 0.05) is 11.5 Å². The lowest BCUT2D eigenvalue weighted by molar-refractivity contribution is -0.122. The highest BCUT2D eigenvalue weighted by Gasteiger charge is 2.15. The van der Waals surface area contributed by atoms with E-state index in [1.54, 1.807) is 19.1 Å². The SMILES string of the molecule is C[C@H](Oc1ccccc1)C(=O)Nc1cnns1. The van der Waals surface area contributed by atoms with Crippen LogP contribution in [0.15, 0.2) is 36.5 Å². The number of hydrogen-bond donors (Lipinski definition) is 1. The quantitative estimate of drug-likeness (QED) is 0.899. The molecule has 2 aromatic rings. The minimum Gasteiger partial charge on any atom is -0.481 e. The number of anilines is 1. The third-order valence-electron chi connectivity index (χ3n) is 2.03. The van der Waals surface area contributed by atoms with Gasteiger partial charge in [0.1, 0.15) is 10.8 Å². The Balaban J connectivity index is 1.92. The van der Waals surface area contributed by atoms with Gasteiger partial charge >= 0.3 is 0 Å². The minimum atomic E-state index is -0.570. The second-order valence-corrected chi connectivity index (χ2v) is 4.13. The highest BCUT2D eigenvalue weighted by atomic mass is 32.1. The molecule has 0 aliphatic heterocycles. The number of para-hydroxylation sites is 1. The lowest BCUT2D eigenvalue weighted by Crippen LogP contribution is -2.29. The fourth-order valence-corrected chi connectivity index (χ4v) is 1.62. The van der Waals surface area contributed by atoms with Crippen LogP contribution in [0.1, 0.15) is 6.92 Å². The topological polar surface area (TPSA) is 64.1 Å². The predicted octanol–water partition coefficient (Wildman–Crippen LogP) is 1.94. The maximum absolute atomic E-state index is 11.7. The Bertz CT molecular complexity index is 473. The van der Waals surface area contributed by atoms with E-state index in [0.717, 1.165) is 11.5 Å². The van der Waals surface area contributed by atoms with Crippen LogP contribution in [0.4, 0.5) is 5.00 Å². The molecule has 0 saturated heterocycles. The fraction of sp³-hybridized carbons (Fsp3) is 0.182. The molecule has 0 bridgehead atoms. The fourth-order valence-electron chi connectivity index (χ4n) is 1.20. The molecule has 6 heteroatoms. The van der Waals surface area contributed by atoms with E-state index in [1.165, 1.54) is 6.20 Å². The summed E-state index contributed by atoms with van der Waals surface area (Å²) in [7, 11) is 0. The molecule has 1 aromatic carbocycles. The number of amides is 1. The molecule has 0 radical (unpaired) electrons. The number of rotatable bonds is 4. The number of carbonyl (C=O) groups is 1. The highest BCUT2D eigenvalue weighted by Crippen LogP contribution is 2.13. The van der Waals surface area contributed by atoms with Crippen LogP contribution in [0.3, 0.4) is 0 Å². The Morgan fingerprint density at radius 3 is 2.82 bits per heavy atom. The molecule has 0 unspecified atom stereocenters. The first kappa shape index (κ1) is 11.5. The first-order valence-electron chi connectivity index (χ1n) is 5.05. The number of hydrogen-bond acceptors (Lipinski definition) is 5. The zero-order valence-electron chi connectivity index (χ0n) is 9.16. The maximum atomic E-state index is 11.7. The predicted molar refractivity (Wildman–Crippen MR) is 65.1 cm³/mol. The molecule has 1 N–H and O–H groups in total. The van der Waals surface area contributed by atoms with Crippen molar-refractivity contribution in [1.29, 1.82) is 0 Å². The minimum absolute atomic E-state index is 0.222. The van der Waals surface area contributed by atoms with Crippen molar-refractivity contribution in [2.45, 2.75) is 13.0 Å². The molecule has 2 rings (SSSR count). The van der Waals surface area contributed by atoms with E-state index in [0.29, 0.717) is 10.8 Å². The van der Waals surface area contributed by atoms with E-state index in [1.807, 2.05) is 18.2 Å². The Morgan fingerprint density at radius 2 is 2.18 bits per heavy atom. The first-order chi connectivity index (χ1) is 8.25. The van der Waals surface area contributed by atoms with Crippen LogP contribution in [0, 0.1) is 0 Å². The molecule has 0 aliphatic carbocycles. The molecule has 0 aliphatic rings. The zero-order chi connectivity index (χ0) is 12.1. The van der Waals surface area contributed by atoms with E-state index in [2.05, 4.69) is 14.9 Å². The summed E-state index contributed by atoms with van der Waals surface area (Å²) in [6.07, 6.45) is 0.928. The Hall–Kier alpha value is -1.95. The molecular formula is C11H11N3O2S. The number of nitrogens with zero attached hydrogens (tertiary/aromatic N) is 2. The molecule has 1 aromatic heterocycles. The van der Waals surface area contributed by atoms with Crippen LogP contribution in [0.25, 0.3) is 0 Å². The zero-order valence-corrected chi connectivity index (χ0v) is 9.98. The van der Waals surface area contributed by atoms with Crippen molar-refractivity contribution in [1.82, 2.24) is 9.59 Å². The third-order valence-corrected chi connectivity index (χ3v) is 2.61. The summed E-state index contributed by atoms with van der Waals surface area (Å²) >= 11 is 1.13. The smallest absolute Gasteiger partial charge is 0.265 e. The van der Waals surface area contributed by atoms with Gasteiger partial charge in [0.15, 0.2) is 6.10 Å². The molecule has 17 heavy (non-hydrogen) atoms. The average molecular weight is 249 g/mol. The van der Waals surface area contributed by atoms with Crippen LogP contribution >= 0.6 is 11.5 Å². The molecule has 1 amide bonds. The van der Waals surface area contributed by atoms with Gasteiger partial charge in [0.2, 0.25) is 0 Å². The van der Waals surface area contributed by atoms with Crippen LogP contribution < -0.4 is 10.1 Å². The summed E-state index contributed by atoms with van der Waals surface area (Å²) in [5.74, 6) is 0.442. The third kappa shape index (κ3) is 3.25. The van der Waals surface area contributed by atoms with Gasteiger partial charge in [-0.15, -0.1) is 5.10 Å². The number of ether oxygens (including phenoxy) is 1. The molecule has 1 atom stereocenters. The molecule has 0 saturated carbocycles. The number of benzene rings is 1. The van der Waals surface area contributed by atoms with Gasteiger partial charge < -0.3 is 10.1 Å². The van der Waals surface area contributed by atoms with Crippen LogP contribution in [-0.4, -0.2) is 21.6 Å². The molecule has 5 nitrogen and oxygen atoms in total. The van der Waals surface area contributed by atoms with Crippen molar-refractivity contribution >= 4 is 22.4 Å². The molecule has 88 valence electrons. The highest BCUT2D eigenvalue weighted by molar-refractivity contribution is 7.10. The summed E-state index contributed by atoms with van der Waals surface area (Å²) in [4.78, 5) is 11.7. The summed E-state index contributed by atoms with van der Waals surface area (Å²) in [6.45, 7) is 1.69. The summed E-state index contributed by atoms with van der Waals surface area (Å²) in [6, 6.07) is 9.21. The Morgan fingerprint density at radius 1 is 1.41 bits per heavy atom. The van der Waals surface area contributed by atoms with Gasteiger partial charge in [-0.25, -0.2) is 0 Å². The molecule has 0 spiro atoms. The standard InChI is InChI=1S/C11H11N3O2S/c1-8(16-9-5-3-2-4-6-9)11(15)13-10-7-12-14-17-10/h2-8H,1H3,(H,13,15)/t8-/m0/s1. The second-order valence-electron chi connectivity index (χ2n) is 3.34. The lowest BCUT2D eigenvalue weighted by Gasteiger charge is -2.13. The maximum Gasteiger partial charge on any atom is 0.265 e. The number of nitrogens with one attached hydrogen (secondary N) is 1. The summed E-state index contributed by atoms with van der Waals surface area (Å²) < 4.78 is 9.13. The summed E-state index contributed by atoms with van der Waals surface area (Å²) in [5, 5.41) is 6.91. The van der Waals surface area contributed by atoms with Crippen LogP contribution in [0.5, 0.6) is 5.75 Å². The van der Waals surface area contributed by atoms with Crippen LogP contribution in [-0.2, 0) is 4.79 Å². The largest absolute Gasteiger partial charge is 0.481 e.